The fraction of sp³-hybridized carbons (Fsp3) is 0.650. The Balaban J connectivity index is 1.58. The molecule has 0 bridgehead atoms. The van der Waals surface area contributed by atoms with Crippen LogP contribution in [0.1, 0.15) is 40.0 Å². The first-order chi connectivity index (χ1) is 12.9. The standard InChI is InChI=1S/C20H30N4O3/c1-15-5-4-6-16(2)23(15)20(25)17(3)21-11-13-22(14-12-21)18-7-9-19(10-8-18)24(26)27/h7-10,15-17H,4-6,11-14H2,1-3H3/t15-,16+,17-/m0/s1. The second kappa shape index (κ2) is 8.25. The monoisotopic (exact) mass is 374 g/mol. The van der Waals surface area contributed by atoms with Gasteiger partial charge in [0.15, 0.2) is 0 Å². The summed E-state index contributed by atoms with van der Waals surface area (Å²) >= 11 is 0. The molecule has 0 saturated carbocycles. The lowest BCUT2D eigenvalue weighted by Gasteiger charge is -2.44. The maximum Gasteiger partial charge on any atom is 0.269 e. The van der Waals surface area contributed by atoms with Crippen molar-refractivity contribution in [1.82, 2.24) is 9.80 Å². The molecule has 2 aliphatic rings. The minimum atomic E-state index is -0.377. The molecule has 2 saturated heterocycles. The largest absolute Gasteiger partial charge is 0.369 e. The van der Waals surface area contributed by atoms with Gasteiger partial charge in [-0.1, -0.05) is 0 Å². The molecule has 0 radical (unpaired) electrons. The van der Waals surface area contributed by atoms with E-state index in [4.69, 9.17) is 0 Å². The highest BCUT2D eigenvalue weighted by atomic mass is 16.6. The lowest BCUT2D eigenvalue weighted by molar-refractivity contribution is -0.384. The Morgan fingerprint density at radius 2 is 1.63 bits per heavy atom. The fourth-order valence-corrected chi connectivity index (χ4v) is 4.38. The Morgan fingerprint density at radius 3 is 2.15 bits per heavy atom. The lowest BCUT2D eigenvalue weighted by Crippen LogP contribution is -2.58. The Kier molecular flexibility index (Phi) is 5.99. The predicted octanol–water partition coefficient (Wildman–Crippen LogP) is 2.89. The molecule has 2 aliphatic heterocycles. The quantitative estimate of drug-likeness (QED) is 0.599. The lowest BCUT2D eigenvalue weighted by atomic mass is 9.96. The van der Waals surface area contributed by atoms with Crippen LogP contribution in [0.3, 0.4) is 0 Å². The first kappa shape index (κ1) is 19.6. The van der Waals surface area contributed by atoms with Gasteiger partial charge < -0.3 is 9.80 Å². The van der Waals surface area contributed by atoms with E-state index in [1.54, 1.807) is 24.3 Å². The predicted molar refractivity (Wildman–Crippen MR) is 106 cm³/mol. The molecule has 27 heavy (non-hydrogen) atoms. The normalized spacial score (nSPS) is 25.3. The first-order valence-corrected chi connectivity index (χ1v) is 9.94. The molecular weight excluding hydrogens is 344 g/mol. The SMILES string of the molecule is C[C@@H]1CCC[C@H](C)N1C(=O)[C@H](C)N1CCN(c2ccc([N+](=O)[O-])cc2)CC1. The summed E-state index contributed by atoms with van der Waals surface area (Å²) in [5.74, 6) is 0.249. The van der Waals surface area contributed by atoms with Crippen LogP contribution >= 0.6 is 0 Å². The molecule has 148 valence electrons. The molecule has 2 heterocycles. The molecule has 2 fully saturated rings. The molecule has 7 nitrogen and oxygen atoms in total. The molecule has 0 N–H and O–H groups in total. The second-order valence-electron chi connectivity index (χ2n) is 7.85. The summed E-state index contributed by atoms with van der Waals surface area (Å²) in [6.07, 6.45) is 3.39. The number of benzene rings is 1. The maximum atomic E-state index is 13.1. The number of rotatable bonds is 4. The fourth-order valence-electron chi connectivity index (χ4n) is 4.38. The van der Waals surface area contributed by atoms with Gasteiger partial charge in [0.1, 0.15) is 0 Å². The smallest absolute Gasteiger partial charge is 0.269 e. The van der Waals surface area contributed by atoms with Crippen molar-refractivity contribution in [3.8, 4) is 0 Å². The van der Waals surface area contributed by atoms with Gasteiger partial charge in [-0.2, -0.15) is 0 Å². The van der Waals surface area contributed by atoms with Gasteiger partial charge in [-0.3, -0.25) is 19.8 Å². The number of piperidine rings is 1. The molecule has 1 amide bonds. The van der Waals surface area contributed by atoms with Crippen LogP contribution in [0.15, 0.2) is 24.3 Å². The van der Waals surface area contributed by atoms with Crippen molar-refractivity contribution in [2.75, 3.05) is 31.1 Å². The summed E-state index contributed by atoms with van der Waals surface area (Å²) in [5, 5.41) is 10.8. The second-order valence-corrected chi connectivity index (χ2v) is 7.85. The van der Waals surface area contributed by atoms with Crippen LogP contribution in [0.4, 0.5) is 11.4 Å². The highest BCUT2D eigenvalue weighted by molar-refractivity contribution is 5.82. The summed E-state index contributed by atoms with van der Waals surface area (Å²) in [4.78, 5) is 30.1. The van der Waals surface area contributed by atoms with E-state index >= 15 is 0 Å². The van der Waals surface area contributed by atoms with E-state index in [9.17, 15) is 14.9 Å². The van der Waals surface area contributed by atoms with E-state index in [0.29, 0.717) is 12.1 Å². The van der Waals surface area contributed by atoms with Crippen LogP contribution in [0.5, 0.6) is 0 Å². The summed E-state index contributed by atoms with van der Waals surface area (Å²) in [5.41, 5.74) is 1.11. The third kappa shape index (κ3) is 4.24. The van der Waals surface area contributed by atoms with Crippen molar-refractivity contribution < 1.29 is 9.72 Å². The third-order valence-electron chi connectivity index (χ3n) is 6.09. The number of nitro groups is 1. The van der Waals surface area contributed by atoms with Crippen molar-refractivity contribution in [3.63, 3.8) is 0 Å². The molecule has 0 aromatic heterocycles. The van der Waals surface area contributed by atoms with Gasteiger partial charge in [-0.05, 0) is 52.2 Å². The summed E-state index contributed by atoms with van der Waals surface area (Å²) in [7, 11) is 0. The van der Waals surface area contributed by atoms with E-state index in [1.807, 2.05) is 6.92 Å². The maximum absolute atomic E-state index is 13.1. The highest BCUT2D eigenvalue weighted by Gasteiger charge is 2.34. The number of nitrogens with zero attached hydrogens (tertiary/aromatic N) is 4. The zero-order valence-electron chi connectivity index (χ0n) is 16.5. The number of non-ortho nitro benzene ring substituents is 1. The Morgan fingerprint density at radius 1 is 1.07 bits per heavy atom. The molecule has 1 aromatic rings. The number of piperazine rings is 1. The van der Waals surface area contributed by atoms with Crippen molar-refractivity contribution in [3.05, 3.63) is 34.4 Å². The number of carbonyl (C=O) groups excluding carboxylic acids is 1. The minimum Gasteiger partial charge on any atom is -0.369 e. The summed E-state index contributed by atoms with van der Waals surface area (Å²) in [6.45, 7) is 9.62. The van der Waals surface area contributed by atoms with Crippen molar-refractivity contribution >= 4 is 17.3 Å². The number of hydrogen-bond acceptors (Lipinski definition) is 5. The zero-order valence-corrected chi connectivity index (χ0v) is 16.5. The van der Waals surface area contributed by atoms with Gasteiger partial charge in [-0.15, -0.1) is 0 Å². The van der Waals surface area contributed by atoms with Gasteiger partial charge in [0.25, 0.3) is 5.69 Å². The molecule has 0 spiro atoms. The first-order valence-electron chi connectivity index (χ1n) is 9.94. The van der Waals surface area contributed by atoms with Crippen LogP contribution in [0, 0.1) is 10.1 Å². The van der Waals surface area contributed by atoms with Gasteiger partial charge in [0.05, 0.1) is 11.0 Å². The average molecular weight is 374 g/mol. The Labute approximate surface area is 161 Å². The van der Waals surface area contributed by atoms with Gasteiger partial charge in [0, 0.05) is 56.1 Å². The Bertz CT molecular complexity index is 660. The molecule has 3 rings (SSSR count). The topological polar surface area (TPSA) is 69.9 Å². The molecule has 3 atom stereocenters. The summed E-state index contributed by atoms with van der Waals surface area (Å²) in [6, 6.07) is 7.25. The van der Waals surface area contributed by atoms with E-state index in [1.165, 1.54) is 6.42 Å². The number of amides is 1. The van der Waals surface area contributed by atoms with Crippen molar-refractivity contribution in [1.29, 1.82) is 0 Å². The molecule has 0 aliphatic carbocycles. The van der Waals surface area contributed by atoms with Gasteiger partial charge in [0.2, 0.25) is 5.91 Å². The van der Waals surface area contributed by atoms with Crippen LogP contribution in [0.25, 0.3) is 0 Å². The van der Waals surface area contributed by atoms with E-state index in [2.05, 4.69) is 28.5 Å². The third-order valence-corrected chi connectivity index (χ3v) is 6.09. The molecule has 7 heteroatoms. The van der Waals surface area contributed by atoms with Gasteiger partial charge in [-0.25, -0.2) is 0 Å². The van der Waals surface area contributed by atoms with Crippen LogP contribution < -0.4 is 4.90 Å². The van der Waals surface area contributed by atoms with Gasteiger partial charge >= 0.3 is 0 Å². The minimum absolute atomic E-state index is 0.105. The average Bonchev–Trinajstić information content (AvgIpc) is 2.67. The zero-order chi connectivity index (χ0) is 19.6. The Hall–Kier alpha value is -2.15. The van der Waals surface area contributed by atoms with E-state index in [-0.39, 0.29) is 22.6 Å². The molecule has 0 unspecified atom stereocenters. The number of carbonyl (C=O) groups is 1. The van der Waals surface area contributed by atoms with Crippen LogP contribution in [0.2, 0.25) is 0 Å². The molecular formula is C20H30N4O3. The van der Waals surface area contributed by atoms with Crippen molar-refractivity contribution in [2.45, 2.75) is 58.2 Å². The number of anilines is 1. The highest BCUT2D eigenvalue weighted by Crippen LogP contribution is 2.25. The van der Waals surface area contributed by atoms with E-state index < -0.39 is 0 Å². The molecule has 1 aromatic carbocycles. The van der Waals surface area contributed by atoms with E-state index in [0.717, 1.165) is 44.7 Å². The van der Waals surface area contributed by atoms with Crippen molar-refractivity contribution in [2.24, 2.45) is 0 Å². The summed E-state index contributed by atoms with van der Waals surface area (Å²) < 4.78 is 0. The number of likely N-dealkylation sites (tertiary alicyclic amines) is 1. The number of nitro benzene ring substituents is 1. The number of hydrogen-bond donors (Lipinski definition) is 0. The van der Waals surface area contributed by atoms with Crippen LogP contribution in [-0.4, -0.2) is 64.9 Å². The van der Waals surface area contributed by atoms with Crippen LogP contribution in [-0.2, 0) is 4.79 Å².